The molecule has 0 saturated heterocycles. The Morgan fingerprint density at radius 1 is 1.22 bits per heavy atom. The number of benzene rings is 1. The Kier molecular flexibility index (Phi) is 4.24. The van der Waals surface area contributed by atoms with Gasteiger partial charge in [-0.3, -0.25) is 4.79 Å². The third kappa shape index (κ3) is 3.25. The third-order valence-electron chi connectivity index (χ3n) is 3.65. The van der Waals surface area contributed by atoms with Crippen LogP contribution in [0.2, 0.25) is 0 Å². The predicted molar refractivity (Wildman–Crippen MR) is 74.6 cm³/mol. The van der Waals surface area contributed by atoms with Crippen molar-refractivity contribution in [2.24, 2.45) is 5.92 Å². The zero-order valence-electron chi connectivity index (χ0n) is 11.3. The van der Waals surface area contributed by atoms with Crippen LogP contribution in [0.4, 0.5) is 5.69 Å². The molecule has 1 saturated carbocycles. The first kappa shape index (κ1) is 12.9. The van der Waals surface area contributed by atoms with Crippen LogP contribution in [0.3, 0.4) is 0 Å². The van der Waals surface area contributed by atoms with Crippen molar-refractivity contribution >= 4 is 11.6 Å². The van der Waals surface area contributed by atoms with E-state index in [9.17, 15) is 4.79 Å². The van der Waals surface area contributed by atoms with E-state index < -0.39 is 0 Å². The summed E-state index contributed by atoms with van der Waals surface area (Å²) in [7, 11) is 4.05. The van der Waals surface area contributed by atoms with Gasteiger partial charge < -0.3 is 10.2 Å². The molecule has 1 N–H and O–H groups in total. The highest BCUT2D eigenvalue weighted by Gasteiger charge is 2.21. The molecule has 0 radical (unpaired) electrons. The van der Waals surface area contributed by atoms with Gasteiger partial charge in [0.25, 0.3) is 0 Å². The highest BCUT2D eigenvalue weighted by molar-refractivity contribution is 5.78. The monoisotopic (exact) mass is 246 g/mol. The van der Waals surface area contributed by atoms with E-state index in [1.807, 2.05) is 14.1 Å². The number of nitrogens with zero attached hydrogens (tertiary/aromatic N) is 1. The van der Waals surface area contributed by atoms with Crippen LogP contribution >= 0.6 is 0 Å². The summed E-state index contributed by atoms with van der Waals surface area (Å²) in [5, 5.41) is 3.04. The van der Waals surface area contributed by atoms with Crippen LogP contribution < -0.4 is 10.2 Å². The second-order valence-corrected chi connectivity index (χ2v) is 5.26. The van der Waals surface area contributed by atoms with Gasteiger partial charge in [0.05, 0.1) is 0 Å². The Balaban J connectivity index is 1.84. The Hall–Kier alpha value is -1.51. The van der Waals surface area contributed by atoms with Gasteiger partial charge >= 0.3 is 0 Å². The molecule has 18 heavy (non-hydrogen) atoms. The molecule has 0 aromatic heterocycles. The maximum Gasteiger partial charge on any atom is 0.223 e. The summed E-state index contributed by atoms with van der Waals surface area (Å²) in [5.41, 5.74) is 2.34. The lowest BCUT2D eigenvalue weighted by atomic mass is 10.1. The second kappa shape index (κ2) is 5.89. The molecule has 98 valence electrons. The molecule has 3 heteroatoms. The first-order chi connectivity index (χ1) is 8.66. The van der Waals surface area contributed by atoms with Gasteiger partial charge in [0.15, 0.2) is 0 Å². The van der Waals surface area contributed by atoms with Gasteiger partial charge in [-0.05, 0) is 30.5 Å². The van der Waals surface area contributed by atoms with Gasteiger partial charge in [0.2, 0.25) is 5.91 Å². The van der Waals surface area contributed by atoms with E-state index >= 15 is 0 Å². The maximum absolute atomic E-state index is 11.9. The summed E-state index contributed by atoms with van der Waals surface area (Å²) in [5.74, 6) is 0.482. The molecule has 1 amide bonds. The topological polar surface area (TPSA) is 32.3 Å². The third-order valence-corrected chi connectivity index (χ3v) is 3.65. The smallest absolute Gasteiger partial charge is 0.223 e. The molecule has 0 bridgehead atoms. The van der Waals surface area contributed by atoms with E-state index in [4.69, 9.17) is 0 Å². The van der Waals surface area contributed by atoms with Gasteiger partial charge in [-0.25, -0.2) is 0 Å². The fourth-order valence-electron chi connectivity index (χ4n) is 2.43. The number of rotatable bonds is 4. The first-order valence-corrected chi connectivity index (χ1v) is 6.71. The standard InChI is InChI=1S/C15H22N2O/c1-17(2)14-9-7-12(8-10-14)11-16-15(18)13-5-3-4-6-13/h7-10,13H,3-6,11H2,1-2H3,(H,16,18). The van der Waals surface area contributed by atoms with E-state index in [1.54, 1.807) is 0 Å². The van der Waals surface area contributed by atoms with Crippen molar-refractivity contribution in [3.63, 3.8) is 0 Å². The fourth-order valence-corrected chi connectivity index (χ4v) is 2.43. The van der Waals surface area contributed by atoms with Crippen molar-refractivity contribution in [1.82, 2.24) is 5.32 Å². The lowest BCUT2D eigenvalue weighted by molar-refractivity contribution is -0.124. The number of hydrogen-bond acceptors (Lipinski definition) is 2. The van der Waals surface area contributed by atoms with Gasteiger partial charge in [-0.2, -0.15) is 0 Å². The lowest BCUT2D eigenvalue weighted by Crippen LogP contribution is -2.28. The Labute approximate surface area is 109 Å². The Morgan fingerprint density at radius 2 is 1.83 bits per heavy atom. The molecule has 1 aliphatic carbocycles. The van der Waals surface area contributed by atoms with Gasteiger partial charge in [-0.15, -0.1) is 0 Å². The number of hydrogen-bond donors (Lipinski definition) is 1. The van der Waals surface area contributed by atoms with Gasteiger partial charge in [-0.1, -0.05) is 25.0 Å². The summed E-state index contributed by atoms with van der Waals surface area (Å²) in [6.45, 7) is 0.642. The second-order valence-electron chi connectivity index (χ2n) is 5.26. The van der Waals surface area contributed by atoms with E-state index in [1.165, 1.54) is 18.5 Å². The Bertz CT molecular complexity index is 391. The number of carbonyl (C=O) groups excluding carboxylic acids is 1. The van der Waals surface area contributed by atoms with Crippen LogP contribution in [0.25, 0.3) is 0 Å². The molecular formula is C15H22N2O. The average molecular weight is 246 g/mol. The maximum atomic E-state index is 11.9. The molecule has 2 rings (SSSR count). The highest BCUT2D eigenvalue weighted by Crippen LogP contribution is 2.24. The van der Waals surface area contributed by atoms with E-state index in [0.29, 0.717) is 6.54 Å². The van der Waals surface area contributed by atoms with E-state index in [-0.39, 0.29) is 11.8 Å². The average Bonchev–Trinajstić information content (AvgIpc) is 2.90. The summed E-state index contributed by atoms with van der Waals surface area (Å²) in [4.78, 5) is 13.9. The molecule has 3 nitrogen and oxygen atoms in total. The molecule has 0 spiro atoms. The summed E-state index contributed by atoms with van der Waals surface area (Å²) in [6.07, 6.45) is 4.53. The molecule has 0 unspecified atom stereocenters. The minimum absolute atomic E-state index is 0.226. The van der Waals surface area contributed by atoms with Crippen molar-refractivity contribution in [3.8, 4) is 0 Å². The minimum Gasteiger partial charge on any atom is -0.378 e. The zero-order chi connectivity index (χ0) is 13.0. The predicted octanol–water partition coefficient (Wildman–Crippen LogP) is 2.56. The summed E-state index contributed by atoms with van der Waals surface area (Å²) < 4.78 is 0. The Morgan fingerprint density at radius 3 is 2.39 bits per heavy atom. The quantitative estimate of drug-likeness (QED) is 0.885. The number of nitrogens with one attached hydrogen (secondary N) is 1. The molecule has 0 aliphatic heterocycles. The lowest BCUT2D eigenvalue weighted by Gasteiger charge is -2.13. The van der Waals surface area contributed by atoms with Gasteiger partial charge in [0.1, 0.15) is 0 Å². The first-order valence-electron chi connectivity index (χ1n) is 6.71. The van der Waals surface area contributed by atoms with E-state index in [2.05, 4.69) is 34.5 Å². The summed E-state index contributed by atoms with van der Waals surface area (Å²) >= 11 is 0. The van der Waals surface area contributed by atoms with Crippen molar-refractivity contribution in [1.29, 1.82) is 0 Å². The molecular weight excluding hydrogens is 224 g/mol. The number of anilines is 1. The number of amides is 1. The van der Waals surface area contributed by atoms with Crippen LogP contribution in [-0.2, 0) is 11.3 Å². The van der Waals surface area contributed by atoms with Crippen LogP contribution in [-0.4, -0.2) is 20.0 Å². The fraction of sp³-hybridized carbons (Fsp3) is 0.533. The molecule has 1 aromatic rings. The van der Waals surface area contributed by atoms with Crippen molar-refractivity contribution in [2.45, 2.75) is 32.2 Å². The van der Waals surface area contributed by atoms with Crippen LogP contribution in [0.15, 0.2) is 24.3 Å². The van der Waals surface area contributed by atoms with Crippen LogP contribution in [0.1, 0.15) is 31.2 Å². The van der Waals surface area contributed by atoms with Crippen molar-refractivity contribution in [3.05, 3.63) is 29.8 Å². The van der Waals surface area contributed by atoms with Crippen molar-refractivity contribution < 1.29 is 4.79 Å². The molecule has 0 atom stereocenters. The van der Waals surface area contributed by atoms with Crippen LogP contribution in [0, 0.1) is 5.92 Å². The van der Waals surface area contributed by atoms with E-state index in [0.717, 1.165) is 18.4 Å². The SMILES string of the molecule is CN(C)c1ccc(CNC(=O)C2CCCC2)cc1. The molecule has 0 heterocycles. The summed E-state index contributed by atoms with van der Waals surface area (Å²) in [6, 6.07) is 8.31. The molecule has 1 aromatic carbocycles. The minimum atomic E-state index is 0.226. The zero-order valence-corrected chi connectivity index (χ0v) is 11.3. The highest BCUT2D eigenvalue weighted by atomic mass is 16.1. The van der Waals surface area contributed by atoms with Gasteiger partial charge in [0, 0.05) is 32.2 Å². The molecule has 1 aliphatic rings. The largest absolute Gasteiger partial charge is 0.378 e. The van der Waals surface area contributed by atoms with Crippen molar-refractivity contribution in [2.75, 3.05) is 19.0 Å². The normalized spacial score (nSPS) is 15.7. The molecule has 1 fully saturated rings. The number of carbonyl (C=O) groups is 1. The van der Waals surface area contributed by atoms with Crippen LogP contribution in [0.5, 0.6) is 0 Å².